The maximum absolute atomic E-state index is 6.58. The molecule has 1 heterocycles. The molecule has 5 rings (SSSR count). The summed E-state index contributed by atoms with van der Waals surface area (Å²) in [7, 11) is 1.63. The summed E-state index contributed by atoms with van der Waals surface area (Å²) in [5.74, 6) is 3.35. The van der Waals surface area contributed by atoms with Crippen molar-refractivity contribution in [3.05, 3.63) is 71.8 Å². The standard InChI is InChI=1S/C33H42O5/c1-5-28(37-24-34-4)20-33(23-35-21-25-12-8-6-9-13-25)31(2)17-16-29(36-22-26-14-10-7-11-15-26)18-27(31)19-30-32(33,3)38-30/h1,6-15,27-30H,16-24H2,2-4H3/t27-,28?,29+,30+,31+,32+,33-/m1/s1. The second-order valence-corrected chi connectivity index (χ2v) is 11.7. The molecular weight excluding hydrogens is 476 g/mol. The molecule has 204 valence electrons. The van der Waals surface area contributed by atoms with Crippen LogP contribution in [0.5, 0.6) is 0 Å². The van der Waals surface area contributed by atoms with Crippen LogP contribution in [0.2, 0.25) is 0 Å². The number of hydrogen-bond acceptors (Lipinski definition) is 5. The van der Waals surface area contributed by atoms with Gasteiger partial charge < -0.3 is 23.7 Å². The van der Waals surface area contributed by atoms with Crippen LogP contribution in [0.25, 0.3) is 0 Å². The number of methoxy groups -OCH3 is 1. The second kappa shape index (κ2) is 11.5. The molecule has 1 unspecified atom stereocenters. The predicted molar refractivity (Wildman–Crippen MR) is 147 cm³/mol. The van der Waals surface area contributed by atoms with Gasteiger partial charge in [0.2, 0.25) is 0 Å². The van der Waals surface area contributed by atoms with Crippen molar-refractivity contribution in [3.8, 4) is 12.3 Å². The highest BCUT2D eigenvalue weighted by Crippen LogP contribution is 2.72. The monoisotopic (exact) mass is 518 g/mol. The summed E-state index contributed by atoms with van der Waals surface area (Å²) in [6.45, 7) is 6.68. The molecule has 1 aliphatic heterocycles. The van der Waals surface area contributed by atoms with Crippen LogP contribution in [0, 0.1) is 29.1 Å². The van der Waals surface area contributed by atoms with Crippen molar-refractivity contribution in [2.24, 2.45) is 16.7 Å². The van der Waals surface area contributed by atoms with Gasteiger partial charge in [-0.15, -0.1) is 6.42 Å². The first-order valence-corrected chi connectivity index (χ1v) is 14.0. The van der Waals surface area contributed by atoms with Crippen molar-refractivity contribution < 1.29 is 23.7 Å². The molecule has 0 radical (unpaired) electrons. The van der Waals surface area contributed by atoms with Gasteiger partial charge in [0.1, 0.15) is 18.5 Å². The zero-order valence-electron chi connectivity index (χ0n) is 23.1. The van der Waals surface area contributed by atoms with E-state index in [1.54, 1.807) is 7.11 Å². The number of ether oxygens (including phenoxy) is 5. The van der Waals surface area contributed by atoms with E-state index in [-0.39, 0.29) is 41.5 Å². The zero-order valence-corrected chi connectivity index (χ0v) is 23.1. The Morgan fingerprint density at radius 2 is 1.68 bits per heavy atom. The summed E-state index contributed by atoms with van der Waals surface area (Å²) in [5.41, 5.74) is 1.78. The van der Waals surface area contributed by atoms with Crippen molar-refractivity contribution in [2.45, 2.75) is 83.1 Å². The Hall–Kier alpha value is -2.20. The van der Waals surface area contributed by atoms with Crippen LogP contribution in [0.1, 0.15) is 57.1 Å². The molecule has 2 aliphatic carbocycles. The zero-order chi connectivity index (χ0) is 26.6. The highest BCUT2D eigenvalue weighted by atomic mass is 16.7. The number of rotatable bonds is 12. The topological polar surface area (TPSA) is 49.5 Å². The first-order valence-electron chi connectivity index (χ1n) is 14.0. The summed E-state index contributed by atoms with van der Waals surface area (Å²) in [5, 5.41) is 0. The van der Waals surface area contributed by atoms with Crippen LogP contribution >= 0.6 is 0 Å². The molecule has 5 nitrogen and oxygen atoms in total. The van der Waals surface area contributed by atoms with E-state index >= 15 is 0 Å². The first-order chi connectivity index (χ1) is 18.4. The Morgan fingerprint density at radius 1 is 1.00 bits per heavy atom. The number of epoxide rings is 1. The molecule has 0 amide bonds. The number of hydrogen-bond donors (Lipinski definition) is 0. The lowest BCUT2D eigenvalue weighted by molar-refractivity contribution is -0.182. The fraction of sp³-hybridized carbons (Fsp3) is 0.576. The average molecular weight is 519 g/mol. The van der Waals surface area contributed by atoms with E-state index < -0.39 is 0 Å². The van der Waals surface area contributed by atoms with Crippen molar-refractivity contribution in [1.82, 2.24) is 0 Å². The molecule has 3 fully saturated rings. The molecule has 2 saturated carbocycles. The van der Waals surface area contributed by atoms with Crippen molar-refractivity contribution in [1.29, 1.82) is 0 Å². The van der Waals surface area contributed by atoms with E-state index in [2.05, 4.69) is 68.3 Å². The van der Waals surface area contributed by atoms with Gasteiger partial charge in [-0.05, 0) is 61.5 Å². The molecular formula is C33H42O5. The normalized spacial score (nSPS) is 34.5. The molecule has 2 aromatic rings. The van der Waals surface area contributed by atoms with Gasteiger partial charge in [-0.3, -0.25) is 0 Å². The minimum atomic E-state index is -0.375. The summed E-state index contributed by atoms with van der Waals surface area (Å²) >= 11 is 0. The summed E-state index contributed by atoms with van der Waals surface area (Å²) in [6, 6.07) is 20.8. The summed E-state index contributed by atoms with van der Waals surface area (Å²) < 4.78 is 30.8. The van der Waals surface area contributed by atoms with Crippen LogP contribution in [-0.2, 0) is 36.9 Å². The lowest BCUT2D eigenvalue weighted by Crippen LogP contribution is -2.62. The van der Waals surface area contributed by atoms with E-state index in [1.165, 1.54) is 11.1 Å². The molecule has 38 heavy (non-hydrogen) atoms. The van der Waals surface area contributed by atoms with Gasteiger partial charge in [0.15, 0.2) is 0 Å². The first kappa shape index (κ1) is 27.4. The fourth-order valence-electron chi connectivity index (χ4n) is 7.42. The Morgan fingerprint density at radius 3 is 2.34 bits per heavy atom. The van der Waals surface area contributed by atoms with Crippen LogP contribution in [0.3, 0.4) is 0 Å². The van der Waals surface area contributed by atoms with E-state index in [0.717, 1.165) is 25.7 Å². The third-order valence-electron chi connectivity index (χ3n) is 9.82. The Kier molecular flexibility index (Phi) is 8.28. The van der Waals surface area contributed by atoms with Gasteiger partial charge in [-0.2, -0.15) is 0 Å². The molecule has 0 aromatic heterocycles. The lowest BCUT2D eigenvalue weighted by atomic mass is 9.43. The minimum absolute atomic E-state index is 0.0242. The van der Waals surface area contributed by atoms with Gasteiger partial charge in [0, 0.05) is 12.5 Å². The van der Waals surface area contributed by atoms with Crippen LogP contribution in [-0.4, -0.2) is 44.4 Å². The van der Waals surface area contributed by atoms with Crippen molar-refractivity contribution in [3.63, 3.8) is 0 Å². The Labute approximate surface area is 228 Å². The molecule has 0 spiro atoms. The van der Waals surface area contributed by atoms with Crippen LogP contribution in [0.15, 0.2) is 60.7 Å². The molecule has 3 aliphatic rings. The maximum atomic E-state index is 6.58. The van der Waals surface area contributed by atoms with Gasteiger partial charge >= 0.3 is 0 Å². The molecule has 1 saturated heterocycles. The quantitative estimate of drug-likeness (QED) is 0.191. The largest absolute Gasteiger partial charge is 0.376 e. The molecule has 0 bridgehead atoms. The van der Waals surface area contributed by atoms with Crippen LogP contribution < -0.4 is 0 Å². The molecule has 5 heteroatoms. The SMILES string of the molecule is C#CC(C[C@@]1(COCc2ccccc2)[C@@]2(C)CC[C@H](OCc3ccccc3)C[C@@H]2C[C@@H]2O[C@@]21C)OCOC. The number of fused-ring (bicyclic) bond motifs is 2. The van der Waals surface area contributed by atoms with Crippen LogP contribution in [0.4, 0.5) is 0 Å². The number of benzene rings is 2. The van der Waals surface area contributed by atoms with Crippen molar-refractivity contribution >= 4 is 0 Å². The van der Waals surface area contributed by atoms with E-state index in [4.69, 9.17) is 30.1 Å². The Bertz CT molecular complexity index is 1080. The molecule has 0 N–H and O–H groups in total. The van der Waals surface area contributed by atoms with E-state index in [9.17, 15) is 0 Å². The second-order valence-electron chi connectivity index (χ2n) is 11.7. The van der Waals surface area contributed by atoms with E-state index in [1.807, 2.05) is 12.1 Å². The summed E-state index contributed by atoms with van der Waals surface area (Å²) in [6.07, 6.45) is 10.9. The lowest BCUT2D eigenvalue weighted by Gasteiger charge is -2.60. The maximum Gasteiger partial charge on any atom is 0.148 e. The average Bonchev–Trinajstić information content (AvgIpc) is 3.62. The van der Waals surface area contributed by atoms with Gasteiger partial charge in [-0.1, -0.05) is 73.5 Å². The fourth-order valence-corrected chi connectivity index (χ4v) is 7.42. The van der Waals surface area contributed by atoms with E-state index in [0.29, 0.717) is 32.2 Å². The highest BCUT2D eigenvalue weighted by Gasteiger charge is 2.76. The minimum Gasteiger partial charge on any atom is -0.376 e. The summed E-state index contributed by atoms with van der Waals surface area (Å²) in [4.78, 5) is 0. The highest BCUT2D eigenvalue weighted by molar-refractivity contribution is 5.25. The molecule has 2 aromatic carbocycles. The smallest absolute Gasteiger partial charge is 0.148 e. The van der Waals surface area contributed by atoms with Gasteiger partial charge in [0.05, 0.1) is 32.0 Å². The molecule has 7 atom stereocenters. The Balaban J connectivity index is 1.38. The predicted octanol–water partition coefficient (Wildman–Crippen LogP) is 6.16. The van der Waals surface area contributed by atoms with Crippen molar-refractivity contribution in [2.75, 3.05) is 20.5 Å². The number of terminal acetylenes is 1. The van der Waals surface area contributed by atoms with Gasteiger partial charge in [0.25, 0.3) is 0 Å². The third kappa shape index (κ3) is 5.18. The third-order valence-corrected chi connectivity index (χ3v) is 9.82. The van der Waals surface area contributed by atoms with Gasteiger partial charge in [-0.25, -0.2) is 0 Å².